The van der Waals surface area contributed by atoms with Gasteiger partial charge in [0.05, 0.1) is 11.0 Å². The average Bonchev–Trinajstić information content (AvgIpc) is 3.20. The fourth-order valence-corrected chi connectivity index (χ4v) is 5.57. The van der Waals surface area contributed by atoms with E-state index in [1.54, 1.807) is 0 Å². The summed E-state index contributed by atoms with van der Waals surface area (Å²) in [4.78, 5) is 12.5. The molecule has 1 atom stereocenters. The van der Waals surface area contributed by atoms with Crippen molar-refractivity contribution < 1.29 is 22.3 Å². The van der Waals surface area contributed by atoms with Gasteiger partial charge in [-0.2, -0.15) is 4.31 Å². The summed E-state index contributed by atoms with van der Waals surface area (Å²) in [5, 5.41) is 2.84. The predicted octanol–water partition coefficient (Wildman–Crippen LogP) is 2.83. The van der Waals surface area contributed by atoms with Gasteiger partial charge >= 0.3 is 0 Å². The van der Waals surface area contributed by atoms with E-state index in [2.05, 4.69) is 5.32 Å². The number of sulfonamides is 1. The molecule has 0 spiro atoms. The Balaban J connectivity index is 1.48. The van der Waals surface area contributed by atoms with Gasteiger partial charge in [-0.05, 0) is 56.4 Å². The third kappa shape index (κ3) is 5.30. The van der Waals surface area contributed by atoms with Crippen LogP contribution in [0.3, 0.4) is 0 Å². The maximum Gasteiger partial charge on any atom is 0.243 e. The second-order valence-electron chi connectivity index (χ2n) is 7.50. The molecule has 3 rings (SSSR count). The molecule has 1 unspecified atom stereocenters. The van der Waals surface area contributed by atoms with Crippen molar-refractivity contribution in [3.63, 3.8) is 0 Å². The first-order chi connectivity index (χ1) is 13.5. The highest BCUT2D eigenvalue weighted by molar-refractivity contribution is 7.89. The van der Waals surface area contributed by atoms with Crippen LogP contribution < -0.4 is 5.32 Å². The number of ether oxygens (including phenoxy) is 1. The molecule has 156 valence electrons. The van der Waals surface area contributed by atoms with E-state index in [4.69, 9.17) is 4.74 Å². The largest absolute Gasteiger partial charge is 0.378 e. The Morgan fingerprint density at radius 2 is 1.82 bits per heavy atom. The molecule has 2 fully saturated rings. The molecule has 1 N–H and O–H groups in total. The third-order valence-electron chi connectivity index (χ3n) is 5.45. The number of rotatable bonds is 8. The lowest BCUT2D eigenvalue weighted by atomic mass is 9.98. The molecule has 0 bridgehead atoms. The molecule has 1 aromatic rings. The molecule has 28 heavy (non-hydrogen) atoms. The summed E-state index contributed by atoms with van der Waals surface area (Å²) in [6.07, 6.45) is 8.14. The predicted molar refractivity (Wildman–Crippen MR) is 104 cm³/mol. The average molecular weight is 413 g/mol. The lowest BCUT2D eigenvalue weighted by Crippen LogP contribution is -2.46. The molecule has 1 saturated carbocycles. The minimum absolute atomic E-state index is 0.00878. The van der Waals surface area contributed by atoms with E-state index in [1.165, 1.54) is 35.7 Å². The Kier molecular flexibility index (Phi) is 7.42. The summed E-state index contributed by atoms with van der Waals surface area (Å²) in [5.41, 5.74) is 0. The fourth-order valence-electron chi connectivity index (χ4n) is 3.92. The van der Waals surface area contributed by atoms with E-state index >= 15 is 0 Å². The van der Waals surface area contributed by atoms with Gasteiger partial charge in [-0.15, -0.1) is 0 Å². The fraction of sp³-hybridized carbons (Fsp3) is 0.650. The van der Waals surface area contributed by atoms with Crippen molar-refractivity contribution in [1.82, 2.24) is 9.62 Å². The van der Waals surface area contributed by atoms with Gasteiger partial charge in [0.1, 0.15) is 11.9 Å². The summed E-state index contributed by atoms with van der Waals surface area (Å²) in [7, 11) is -3.82. The van der Waals surface area contributed by atoms with Crippen LogP contribution in [0, 0.1) is 5.82 Å². The smallest absolute Gasteiger partial charge is 0.243 e. The zero-order valence-electron chi connectivity index (χ0n) is 16.1. The standard InChI is InChI=1S/C20H29FN2O4S/c21-16-9-11-18(12-10-16)28(25,26)23-14-4-8-19(23)20(24)22-13-5-15-27-17-6-2-1-3-7-17/h9-12,17,19H,1-8,13-15H2,(H,22,24). The van der Waals surface area contributed by atoms with Crippen molar-refractivity contribution in [2.24, 2.45) is 0 Å². The lowest BCUT2D eigenvalue weighted by Gasteiger charge is -2.24. The van der Waals surface area contributed by atoms with E-state index in [1.807, 2.05) is 0 Å². The van der Waals surface area contributed by atoms with Crippen molar-refractivity contribution in [2.75, 3.05) is 19.7 Å². The van der Waals surface area contributed by atoms with E-state index in [-0.39, 0.29) is 10.8 Å². The molecule has 1 aliphatic carbocycles. The number of amides is 1. The summed E-state index contributed by atoms with van der Waals surface area (Å²) >= 11 is 0. The molecule has 0 radical (unpaired) electrons. The van der Waals surface area contributed by atoms with Gasteiger partial charge in [0, 0.05) is 19.7 Å². The minimum atomic E-state index is -3.82. The maximum atomic E-state index is 13.1. The van der Waals surface area contributed by atoms with Crippen LogP contribution in [0.5, 0.6) is 0 Å². The monoisotopic (exact) mass is 412 g/mol. The SMILES string of the molecule is O=C(NCCCOC1CCCCC1)C1CCCN1S(=O)(=O)c1ccc(F)cc1. The van der Waals surface area contributed by atoms with E-state index in [0.717, 1.165) is 25.0 Å². The summed E-state index contributed by atoms with van der Waals surface area (Å²) in [5.74, 6) is -0.772. The van der Waals surface area contributed by atoms with Gasteiger partial charge < -0.3 is 10.1 Å². The van der Waals surface area contributed by atoms with Crippen molar-refractivity contribution in [2.45, 2.75) is 68.4 Å². The normalized spacial score (nSPS) is 21.7. The first-order valence-corrected chi connectivity index (χ1v) is 11.6. The molecule has 0 aromatic heterocycles. The van der Waals surface area contributed by atoms with Crippen LogP contribution in [-0.4, -0.2) is 50.5 Å². The number of nitrogens with zero attached hydrogens (tertiary/aromatic N) is 1. The van der Waals surface area contributed by atoms with Gasteiger partial charge in [0.2, 0.25) is 15.9 Å². The molecular formula is C20H29FN2O4S. The highest BCUT2D eigenvalue weighted by Crippen LogP contribution is 2.26. The maximum absolute atomic E-state index is 13.1. The number of hydrogen-bond acceptors (Lipinski definition) is 4. The number of nitrogens with one attached hydrogen (secondary N) is 1. The zero-order valence-corrected chi connectivity index (χ0v) is 16.9. The van der Waals surface area contributed by atoms with Crippen molar-refractivity contribution in [3.8, 4) is 0 Å². The highest BCUT2D eigenvalue weighted by atomic mass is 32.2. The number of carbonyl (C=O) groups is 1. The van der Waals surface area contributed by atoms with Gasteiger partial charge in [-0.1, -0.05) is 19.3 Å². The summed E-state index contributed by atoms with van der Waals surface area (Å²) < 4.78 is 45.8. The number of halogens is 1. The molecule has 1 saturated heterocycles. The molecule has 8 heteroatoms. The number of benzene rings is 1. The van der Waals surface area contributed by atoms with Crippen LogP contribution in [0.1, 0.15) is 51.4 Å². The van der Waals surface area contributed by atoms with Crippen LogP contribution in [-0.2, 0) is 19.6 Å². The van der Waals surface area contributed by atoms with E-state index in [9.17, 15) is 17.6 Å². The van der Waals surface area contributed by atoms with Crippen LogP contribution in [0.15, 0.2) is 29.2 Å². The van der Waals surface area contributed by atoms with Crippen molar-refractivity contribution in [1.29, 1.82) is 0 Å². The van der Waals surface area contributed by atoms with Gasteiger partial charge in [0.15, 0.2) is 0 Å². The molecule has 1 aromatic carbocycles. The molecule has 1 aliphatic heterocycles. The molecule has 1 amide bonds. The molecule has 2 aliphatic rings. The van der Waals surface area contributed by atoms with Crippen LogP contribution in [0.4, 0.5) is 4.39 Å². The van der Waals surface area contributed by atoms with Crippen molar-refractivity contribution in [3.05, 3.63) is 30.1 Å². The quantitative estimate of drug-likeness (QED) is 0.666. The Bertz CT molecular complexity index is 748. The molecular weight excluding hydrogens is 383 g/mol. The molecule has 1 heterocycles. The highest BCUT2D eigenvalue weighted by Gasteiger charge is 2.39. The topological polar surface area (TPSA) is 75.7 Å². The Morgan fingerprint density at radius 3 is 2.54 bits per heavy atom. The second kappa shape index (κ2) is 9.80. The summed E-state index contributed by atoms with van der Waals surface area (Å²) in [6, 6.07) is 3.99. The first-order valence-electron chi connectivity index (χ1n) is 10.2. The van der Waals surface area contributed by atoms with Gasteiger partial charge in [-0.25, -0.2) is 12.8 Å². The third-order valence-corrected chi connectivity index (χ3v) is 7.38. The van der Waals surface area contributed by atoms with Crippen LogP contribution in [0.2, 0.25) is 0 Å². The van der Waals surface area contributed by atoms with E-state index in [0.29, 0.717) is 45.1 Å². The lowest BCUT2D eigenvalue weighted by molar-refractivity contribution is -0.124. The van der Waals surface area contributed by atoms with Gasteiger partial charge in [-0.3, -0.25) is 4.79 Å². The first kappa shape index (κ1) is 21.2. The van der Waals surface area contributed by atoms with Crippen LogP contribution in [0.25, 0.3) is 0 Å². The Hall–Kier alpha value is -1.51. The zero-order chi connectivity index (χ0) is 20.0. The second-order valence-corrected chi connectivity index (χ2v) is 9.39. The Labute approximate surface area is 166 Å². The Morgan fingerprint density at radius 1 is 1.11 bits per heavy atom. The molecule has 6 nitrogen and oxygen atoms in total. The summed E-state index contributed by atoms with van der Waals surface area (Å²) in [6.45, 7) is 1.36. The minimum Gasteiger partial charge on any atom is -0.378 e. The van der Waals surface area contributed by atoms with E-state index < -0.39 is 21.9 Å². The van der Waals surface area contributed by atoms with Crippen molar-refractivity contribution >= 4 is 15.9 Å². The van der Waals surface area contributed by atoms with Gasteiger partial charge in [0.25, 0.3) is 0 Å². The van der Waals surface area contributed by atoms with Crippen LogP contribution >= 0.6 is 0 Å². The number of hydrogen-bond donors (Lipinski definition) is 1. The number of carbonyl (C=O) groups excluding carboxylic acids is 1.